The highest BCUT2D eigenvalue weighted by molar-refractivity contribution is 6.12. The zero-order valence-corrected chi connectivity index (χ0v) is 28.6. The summed E-state index contributed by atoms with van der Waals surface area (Å²) in [4.78, 5) is 0. The molecule has 11 rings (SSSR count). The Labute approximate surface area is 302 Å². The van der Waals surface area contributed by atoms with Crippen molar-refractivity contribution >= 4 is 43.6 Å². The number of fused-ring (bicyclic) bond motifs is 9. The fourth-order valence-electron chi connectivity index (χ4n) is 8.94. The van der Waals surface area contributed by atoms with E-state index in [-0.39, 0.29) is 0 Å². The monoisotopic (exact) mass is 662 g/mol. The van der Waals surface area contributed by atoms with Crippen LogP contribution in [-0.4, -0.2) is 9.13 Å². The van der Waals surface area contributed by atoms with E-state index in [0.717, 1.165) is 12.8 Å². The molecule has 0 N–H and O–H groups in total. The van der Waals surface area contributed by atoms with E-state index in [2.05, 4.69) is 191 Å². The molecule has 0 spiro atoms. The third kappa shape index (κ3) is 4.31. The molecule has 1 aliphatic rings. The Balaban J connectivity index is 1.12. The summed E-state index contributed by atoms with van der Waals surface area (Å²) in [5.74, 6) is 0. The second kappa shape index (κ2) is 11.4. The van der Waals surface area contributed by atoms with Gasteiger partial charge in [-0.15, -0.1) is 0 Å². The number of rotatable bonds is 4. The summed E-state index contributed by atoms with van der Waals surface area (Å²) in [7, 11) is 0. The van der Waals surface area contributed by atoms with Gasteiger partial charge in [-0.2, -0.15) is 0 Å². The third-order valence-electron chi connectivity index (χ3n) is 11.3. The van der Waals surface area contributed by atoms with Crippen molar-refractivity contribution in [3.8, 4) is 44.8 Å². The largest absolute Gasteiger partial charge is 0.309 e. The second-order valence-electron chi connectivity index (χ2n) is 14.0. The smallest absolute Gasteiger partial charge is 0.0547 e. The lowest BCUT2D eigenvalue weighted by molar-refractivity contribution is 0.943. The Morgan fingerprint density at radius 2 is 0.904 bits per heavy atom. The summed E-state index contributed by atoms with van der Waals surface area (Å²) in [5, 5.41) is 5.06. The molecule has 0 unspecified atom stereocenters. The lowest BCUT2D eigenvalue weighted by Gasteiger charge is -2.24. The molecule has 0 aliphatic heterocycles. The van der Waals surface area contributed by atoms with Crippen LogP contribution >= 0.6 is 0 Å². The van der Waals surface area contributed by atoms with Gasteiger partial charge in [-0.1, -0.05) is 133 Å². The lowest BCUT2D eigenvalue weighted by atomic mass is 9.81. The summed E-state index contributed by atoms with van der Waals surface area (Å²) >= 11 is 0. The molecule has 10 aromatic rings. The Bertz CT molecular complexity index is 3010. The average molecular weight is 663 g/mol. The first kappa shape index (κ1) is 29.1. The number of benzene rings is 8. The molecule has 2 heteroatoms. The molecule has 0 amide bonds. The molecule has 244 valence electrons. The molecule has 8 aromatic carbocycles. The van der Waals surface area contributed by atoms with Crippen molar-refractivity contribution in [1.82, 2.24) is 9.13 Å². The molecule has 52 heavy (non-hydrogen) atoms. The van der Waals surface area contributed by atoms with Crippen LogP contribution in [0.2, 0.25) is 0 Å². The maximum absolute atomic E-state index is 2.50. The lowest BCUT2D eigenvalue weighted by Crippen LogP contribution is -2.06. The average Bonchev–Trinajstić information content (AvgIpc) is 3.73. The van der Waals surface area contributed by atoms with E-state index in [0.29, 0.717) is 0 Å². The molecule has 2 heterocycles. The SMILES string of the molecule is c1ccc(-n2c3ccccc3c3cc(-c4ccc5c6ccccc6n(-c6ccccc6-c6cccc7c6CCc6ccccc6-7)c5c4)ccc32)cc1. The van der Waals surface area contributed by atoms with Crippen molar-refractivity contribution < 1.29 is 0 Å². The van der Waals surface area contributed by atoms with Gasteiger partial charge in [-0.25, -0.2) is 0 Å². The van der Waals surface area contributed by atoms with Crippen molar-refractivity contribution in [2.24, 2.45) is 0 Å². The quantitative estimate of drug-likeness (QED) is 0.177. The van der Waals surface area contributed by atoms with Crippen molar-refractivity contribution in [1.29, 1.82) is 0 Å². The van der Waals surface area contributed by atoms with E-state index in [4.69, 9.17) is 0 Å². The van der Waals surface area contributed by atoms with E-state index < -0.39 is 0 Å². The maximum atomic E-state index is 2.50. The van der Waals surface area contributed by atoms with Crippen molar-refractivity contribution in [3.63, 3.8) is 0 Å². The molecule has 0 atom stereocenters. The molecule has 2 aromatic heterocycles. The van der Waals surface area contributed by atoms with Crippen LogP contribution in [-0.2, 0) is 12.8 Å². The molecule has 0 saturated heterocycles. The second-order valence-corrected chi connectivity index (χ2v) is 14.0. The van der Waals surface area contributed by atoms with Gasteiger partial charge in [0.25, 0.3) is 0 Å². The van der Waals surface area contributed by atoms with Crippen LogP contribution in [0.5, 0.6) is 0 Å². The zero-order chi connectivity index (χ0) is 34.2. The van der Waals surface area contributed by atoms with Crippen molar-refractivity contribution in [2.75, 3.05) is 0 Å². The maximum Gasteiger partial charge on any atom is 0.0547 e. The summed E-state index contributed by atoms with van der Waals surface area (Å²) in [6.45, 7) is 0. The minimum Gasteiger partial charge on any atom is -0.309 e. The van der Waals surface area contributed by atoms with Crippen LogP contribution in [0.25, 0.3) is 88.4 Å². The molecule has 0 fully saturated rings. The summed E-state index contributed by atoms with van der Waals surface area (Å²) < 4.78 is 4.88. The molecule has 0 radical (unpaired) electrons. The highest BCUT2D eigenvalue weighted by Gasteiger charge is 2.22. The molecule has 0 saturated carbocycles. The van der Waals surface area contributed by atoms with Gasteiger partial charge in [-0.05, 0) is 100 Å². The van der Waals surface area contributed by atoms with E-state index in [1.54, 1.807) is 0 Å². The van der Waals surface area contributed by atoms with E-state index in [9.17, 15) is 0 Å². The van der Waals surface area contributed by atoms with Gasteiger partial charge >= 0.3 is 0 Å². The van der Waals surface area contributed by atoms with Gasteiger partial charge in [0.15, 0.2) is 0 Å². The summed E-state index contributed by atoms with van der Waals surface area (Å²) in [5.41, 5.74) is 17.9. The van der Waals surface area contributed by atoms with Crippen LogP contribution < -0.4 is 0 Å². The highest BCUT2D eigenvalue weighted by atomic mass is 15.0. The molecular formula is C50H34N2. The Hall–Kier alpha value is -6.64. The van der Waals surface area contributed by atoms with Crippen LogP contribution in [0.4, 0.5) is 0 Å². The minimum atomic E-state index is 1.04. The van der Waals surface area contributed by atoms with Gasteiger partial charge in [-0.3, -0.25) is 0 Å². The van der Waals surface area contributed by atoms with Gasteiger partial charge in [0.2, 0.25) is 0 Å². The van der Waals surface area contributed by atoms with Crippen molar-refractivity contribution in [3.05, 3.63) is 193 Å². The van der Waals surface area contributed by atoms with E-state index >= 15 is 0 Å². The first-order chi connectivity index (χ1) is 25.8. The Morgan fingerprint density at radius 1 is 0.327 bits per heavy atom. The van der Waals surface area contributed by atoms with Gasteiger partial charge < -0.3 is 9.13 Å². The van der Waals surface area contributed by atoms with E-state index in [1.165, 1.54) is 99.5 Å². The number of aryl methyl sites for hydroxylation is 1. The Morgan fingerprint density at radius 3 is 1.75 bits per heavy atom. The minimum absolute atomic E-state index is 1.04. The van der Waals surface area contributed by atoms with E-state index in [1.807, 2.05) is 0 Å². The van der Waals surface area contributed by atoms with Crippen molar-refractivity contribution in [2.45, 2.75) is 12.8 Å². The van der Waals surface area contributed by atoms with Crippen LogP contribution in [0.1, 0.15) is 11.1 Å². The number of para-hydroxylation sites is 4. The number of nitrogens with zero attached hydrogens (tertiary/aromatic N) is 2. The van der Waals surface area contributed by atoms with Gasteiger partial charge in [0.1, 0.15) is 0 Å². The van der Waals surface area contributed by atoms with Gasteiger partial charge in [0, 0.05) is 32.8 Å². The van der Waals surface area contributed by atoms with Crippen LogP contribution in [0, 0.1) is 0 Å². The van der Waals surface area contributed by atoms with Crippen LogP contribution in [0.15, 0.2) is 182 Å². The number of hydrogen-bond donors (Lipinski definition) is 0. The Kier molecular flexibility index (Phi) is 6.41. The zero-order valence-electron chi connectivity index (χ0n) is 28.6. The predicted octanol–water partition coefficient (Wildman–Crippen LogP) is 13.0. The highest BCUT2D eigenvalue weighted by Crippen LogP contribution is 2.43. The molecule has 0 bridgehead atoms. The fourth-order valence-corrected chi connectivity index (χ4v) is 8.94. The summed E-state index contributed by atoms with van der Waals surface area (Å²) in [6.07, 6.45) is 2.10. The normalized spacial score (nSPS) is 12.5. The van der Waals surface area contributed by atoms with Crippen LogP contribution in [0.3, 0.4) is 0 Å². The first-order valence-corrected chi connectivity index (χ1v) is 18.2. The summed E-state index contributed by atoms with van der Waals surface area (Å²) in [6, 6.07) is 67.1. The topological polar surface area (TPSA) is 9.86 Å². The molecular weight excluding hydrogens is 629 g/mol. The predicted molar refractivity (Wildman–Crippen MR) is 219 cm³/mol. The molecule has 2 nitrogen and oxygen atoms in total. The third-order valence-corrected chi connectivity index (χ3v) is 11.3. The first-order valence-electron chi connectivity index (χ1n) is 18.2. The fraction of sp³-hybridized carbons (Fsp3) is 0.0400. The standard InChI is InChI=1S/C50H34N2/c1-2-14-36(15-3-1)51-46-22-9-8-19-43(46)45-31-34(27-30-49(45)51)35-26-29-44-42-18-7-11-24-48(42)52(50(44)32-35)47-23-10-6-17-41(47)39-21-12-20-38-37-16-5-4-13-33(37)25-28-40(38)39/h1-24,26-27,29-32H,25,28H2. The number of aromatic nitrogens is 2. The molecule has 1 aliphatic carbocycles. The van der Waals surface area contributed by atoms with Gasteiger partial charge in [0.05, 0.1) is 27.8 Å². The number of hydrogen-bond acceptors (Lipinski definition) is 0.